The molecule has 1 rings (SSSR count). The van der Waals surface area contributed by atoms with Gasteiger partial charge in [-0.15, -0.1) is 0 Å². The molecule has 0 aliphatic heterocycles. The summed E-state index contributed by atoms with van der Waals surface area (Å²) in [5.41, 5.74) is 16.7. The second-order valence-corrected chi connectivity index (χ2v) is 10.0. The third-order valence-corrected chi connectivity index (χ3v) is 6.14. The number of amides is 4. The summed E-state index contributed by atoms with van der Waals surface area (Å²) in [7, 11) is 0. The molecule has 0 aliphatic carbocycles. The van der Waals surface area contributed by atoms with Crippen LogP contribution in [-0.2, 0) is 30.5 Å². The van der Waals surface area contributed by atoms with Gasteiger partial charge in [0.2, 0.25) is 17.6 Å². The average Bonchev–Trinajstić information content (AvgIpc) is 2.90. The van der Waals surface area contributed by atoms with Crippen LogP contribution in [0.15, 0.2) is 35.3 Å². The molecule has 4 unspecified atom stereocenters. The number of guanidine groups is 1. The summed E-state index contributed by atoms with van der Waals surface area (Å²) >= 11 is 0. The predicted octanol–water partition coefficient (Wildman–Crippen LogP) is 0.451. The van der Waals surface area contributed by atoms with E-state index in [1.54, 1.807) is 26.0 Å². The number of aliphatic imine (C=N–C) groups is 1. The maximum atomic E-state index is 13.2. The smallest absolute Gasteiger partial charge is 0.408 e. The molecular formula is C27H43N7O6. The third-order valence-electron chi connectivity index (χ3n) is 6.14. The van der Waals surface area contributed by atoms with E-state index in [-0.39, 0.29) is 37.9 Å². The van der Waals surface area contributed by atoms with Gasteiger partial charge >= 0.3 is 6.09 Å². The normalized spacial score (nSPS) is 13.7. The third kappa shape index (κ3) is 12.6. The zero-order valence-electron chi connectivity index (χ0n) is 23.6. The molecule has 13 nitrogen and oxygen atoms in total. The number of ketones is 1. The minimum atomic E-state index is -1.20. The highest BCUT2D eigenvalue weighted by atomic mass is 16.5. The van der Waals surface area contributed by atoms with Crippen molar-refractivity contribution in [3.8, 4) is 0 Å². The van der Waals surface area contributed by atoms with Crippen LogP contribution in [0.25, 0.3) is 0 Å². The highest BCUT2D eigenvalue weighted by molar-refractivity contribution is 6.38. The van der Waals surface area contributed by atoms with E-state index in [0.29, 0.717) is 12.8 Å². The zero-order valence-corrected chi connectivity index (χ0v) is 23.6. The number of benzene rings is 1. The van der Waals surface area contributed by atoms with Crippen molar-refractivity contribution in [1.29, 1.82) is 0 Å². The molecule has 0 bridgehead atoms. The summed E-state index contributed by atoms with van der Waals surface area (Å²) in [4.78, 5) is 67.3. The molecule has 4 atom stereocenters. The van der Waals surface area contributed by atoms with Gasteiger partial charge in [-0.1, -0.05) is 64.4 Å². The molecule has 1 aromatic rings. The maximum absolute atomic E-state index is 13.2. The van der Waals surface area contributed by atoms with Crippen LogP contribution in [0.5, 0.6) is 0 Å². The molecule has 0 aromatic heterocycles. The van der Waals surface area contributed by atoms with Crippen LogP contribution >= 0.6 is 0 Å². The highest BCUT2D eigenvalue weighted by Gasteiger charge is 2.35. The van der Waals surface area contributed by atoms with Gasteiger partial charge in [0.1, 0.15) is 18.7 Å². The van der Waals surface area contributed by atoms with Gasteiger partial charge in [-0.2, -0.15) is 0 Å². The summed E-state index contributed by atoms with van der Waals surface area (Å²) in [6.45, 7) is 7.48. The number of carbonyl (C=O) groups excluding carboxylic acids is 5. The van der Waals surface area contributed by atoms with Crippen LogP contribution in [0.2, 0.25) is 0 Å². The highest BCUT2D eigenvalue weighted by Crippen LogP contribution is 2.12. The Kier molecular flexibility index (Phi) is 14.8. The lowest BCUT2D eigenvalue weighted by atomic mass is 9.93. The first-order valence-electron chi connectivity index (χ1n) is 13.3. The molecule has 0 fully saturated rings. The molecule has 0 spiro atoms. The Morgan fingerprint density at radius 2 is 1.57 bits per heavy atom. The first-order valence-corrected chi connectivity index (χ1v) is 13.3. The van der Waals surface area contributed by atoms with Gasteiger partial charge < -0.3 is 37.9 Å². The number of hydrogen-bond donors (Lipinski definition) is 6. The van der Waals surface area contributed by atoms with Crippen LogP contribution in [0, 0.1) is 11.8 Å². The van der Waals surface area contributed by atoms with Gasteiger partial charge in [-0.05, 0) is 36.7 Å². The molecule has 9 N–H and O–H groups in total. The van der Waals surface area contributed by atoms with Crippen LogP contribution in [-0.4, -0.2) is 60.2 Å². The summed E-state index contributed by atoms with van der Waals surface area (Å²) in [5, 5.41) is 7.52. The van der Waals surface area contributed by atoms with Crippen molar-refractivity contribution >= 4 is 35.6 Å². The van der Waals surface area contributed by atoms with Crippen LogP contribution in [0.4, 0.5) is 4.79 Å². The number of nitrogens with two attached hydrogens (primary N) is 3. The van der Waals surface area contributed by atoms with Crippen molar-refractivity contribution in [1.82, 2.24) is 16.0 Å². The molecule has 0 saturated heterocycles. The molecular weight excluding hydrogens is 518 g/mol. The number of primary amides is 1. The van der Waals surface area contributed by atoms with Gasteiger partial charge in [0.05, 0.1) is 6.04 Å². The number of alkyl carbamates (subject to hydrolysis) is 1. The van der Waals surface area contributed by atoms with Crippen LogP contribution in [0.1, 0.15) is 58.9 Å². The second-order valence-electron chi connectivity index (χ2n) is 10.0. The minimum Gasteiger partial charge on any atom is -0.445 e. The van der Waals surface area contributed by atoms with E-state index in [2.05, 4.69) is 20.9 Å². The van der Waals surface area contributed by atoms with Crippen molar-refractivity contribution in [2.24, 2.45) is 34.0 Å². The van der Waals surface area contributed by atoms with Crippen molar-refractivity contribution in [3.05, 3.63) is 35.9 Å². The molecule has 222 valence electrons. The van der Waals surface area contributed by atoms with Gasteiger partial charge in [-0.3, -0.25) is 24.2 Å². The number of carbonyl (C=O) groups is 5. The lowest BCUT2D eigenvalue weighted by Gasteiger charge is -2.27. The fourth-order valence-electron chi connectivity index (χ4n) is 3.73. The van der Waals surface area contributed by atoms with E-state index in [4.69, 9.17) is 21.9 Å². The van der Waals surface area contributed by atoms with Crippen LogP contribution in [0.3, 0.4) is 0 Å². The van der Waals surface area contributed by atoms with Crippen molar-refractivity contribution in [2.45, 2.75) is 78.1 Å². The van der Waals surface area contributed by atoms with Crippen molar-refractivity contribution in [3.63, 3.8) is 0 Å². The van der Waals surface area contributed by atoms with E-state index in [1.165, 1.54) is 0 Å². The van der Waals surface area contributed by atoms with E-state index in [9.17, 15) is 24.0 Å². The monoisotopic (exact) mass is 561 g/mol. The minimum absolute atomic E-state index is 0.0153. The van der Waals surface area contributed by atoms with E-state index < -0.39 is 53.6 Å². The quantitative estimate of drug-likeness (QED) is 0.0676. The lowest BCUT2D eigenvalue weighted by Crippen LogP contribution is -2.57. The van der Waals surface area contributed by atoms with E-state index in [0.717, 1.165) is 5.56 Å². The van der Waals surface area contributed by atoms with E-state index in [1.807, 2.05) is 32.0 Å². The van der Waals surface area contributed by atoms with Crippen molar-refractivity contribution in [2.75, 3.05) is 6.54 Å². The Bertz CT molecular complexity index is 1030. The molecule has 40 heavy (non-hydrogen) atoms. The second kappa shape index (κ2) is 17.4. The number of hydrogen-bond acceptors (Lipinski definition) is 7. The number of nitrogens with one attached hydrogen (secondary N) is 3. The largest absolute Gasteiger partial charge is 0.445 e. The lowest BCUT2D eigenvalue weighted by molar-refractivity contribution is -0.142. The maximum Gasteiger partial charge on any atom is 0.408 e. The number of nitrogens with zero attached hydrogens (tertiary/aromatic N) is 1. The first kappa shape index (κ1) is 33.9. The first-order chi connectivity index (χ1) is 18.8. The van der Waals surface area contributed by atoms with Gasteiger partial charge in [0, 0.05) is 6.54 Å². The average molecular weight is 562 g/mol. The van der Waals surface area contributed by atoms with Gasteiger partial charge in [0.15, 0.2) is 5.96 Å². The fourth-order valence-corrected chi connectivity index (χ4v) is 3.73. The van der Waals surface area contributed by atoms with E-state index >= 15 is 0 Å². The van der Waals surface area contributed by atoms with Gasteiger partial charge in [0.25, 0.3) is 5.91 Å². The number of ether oxygens (including phenoxy) is 1. The molecule has 4 amide bonds. The molecule has 0 heterocycles. The van der Waals surface area contributed by atoms with Crippen molar-refractivity contribution < 1.29 is 28.7 Å². The Morgan fingerprint density at radius 1 is 0.925 bits per heavy atom. The topological polar surface area (TPSA) is 221 Å². The summed E-state index contributed by atoms with van der Waals surface area (Å²) < 4.78 is 5.24. The molecule has 1 aromatic carbocycles. The Morgan fingerprint density at radius 3 is 2.12 bits per heavy atom. The van der Waals surface area contributed by atoms with Crippen LogP contribution < -0.4 is 33.2 Å². The summed E-state index contributed by atoms with van der Waals surface area (Å²) in [6.07, 6.45) is 0.368. The van der Waals surface area contributed by atoms with Gasteiger partial charge in [-0.25, -0.2) is 4.79 Å². The standard InChI is InChI=1S/C27H43N7O6/c1-5-17(4)21(22(35)25(38)32-19(23(28)36)12-9-13-31-26(29)30)34-24(37)20(14-16(2)3)33-27(39)40-15-18-10-7-6-8-11-18/h6-8,10-11,16-17,19-21H,5,9,12-15H2,1-4H3,(H2,28,36)(H,32,38)(H,33,39)(H,34,37)(H4,29,30,31). The summed E-state index contributed by atoms with van der Waals surface area (Å²) in [5.74, 6) is -4.00. The molecule has 0 radical (unpaired) electrons. The SMILES string of the molecule is CCC(C)C(NC(=O)C(CC(C)C)NC(=O)OCc1ccccc1)C(=O)C(=O)NC(CCCN=C(N)N)C(N)=O. The Labute approximate surface area is 235 Å². The fraction of sp³-hybridized carbons (Fsp3) is 0.556. The summed E-state index contributed by atoms with van der Waals surface area (Å²) in [6, 6.07) is 5.71. The number of Topliss-reactive ketones (excluding diaryl/α,β-unsaturated/α-hetero) is 1. The Hall–Kier alpha value is -4.16. The Balaban J connectivity index is 2.92. The molecule has 0 aliphatic rings. The number of rotatable bonds is 17. The predicted molar refractivity (Wildman–Crippen MR) is 150 cm³/mol. The molecule has 0 saturated carbocycles. The zero-order chi connectivity index (χ0) is 30.2. The molecule has 13 heteroatoms.